The molecule has 0 fully saturated rings. The summed E-state index contributed by atoms with van der Waals surface area (Å²) >= 11 is 0. The third kappa shape index (κ3) is 3.17. The molecule has 2 nitrogen and oxygen atoms in total. The van der Waals surface area contributed by atoms with Gasteiger partial charge in [-0.15, -0.1) is 0 Å². The van der Waals surface area contributed by atoms with E-state index in [1.807, 2.05) is 0 Å². The molecule has 72 valence electrons. The van der Waals surface area contributed by atoms with Crippen molar-refractivity contribution in [1.29, 1.82) is 0 Å². The van der Waals surface area contributed by atoms with Crippen LogP contribution in [0, 0.1) is 13.8 Å². The molecule has 0 aliphatic rings. The van der Waals surface area contributed by atoms with E-state index >= 15 is 0 Å². The van der Waals surface area contributed by atoms with Crippen molar-refractivity contribution >= 4 is 0 Å². The van der Waals surface area contributed by atoms with E-state index in [9.17, 15) is 0 Å². The molecule has 2 heteroatoms. The van der Waals surface area contributed by atoms with Gasteiger partial charge in [0.15, 0.2) is 0 Å². The minimum absolute atomic E-state index is 0.560. The summed E-state index contributed by atoms with van der Waals surface area (Å²) in [4.78, 5) is 0. The van der Waals surface area contributed by atoms with Crippen molar-refractivity contribution in [2.45, 2.75) is 20.3 Å². The molecule has 13 heavy (non-hydrogen) atoms. The zero-order chi connectivity index (χ0) is 9.68. The first-order valence-electron chi connectivity index (χ1n) is 4.71. The molecule has 0 aliphatic heterocycles. The summed E-state index contributed by atoms with van der Waals surface area (Å²) in [5, 5.41) is 3.12. The number of nitrogens with two attached hydrogens (primary N) is 1. The van der Waals surface area contributed by atoms with Gasteiger partial charge in [-0.05, 0) is 31.4 Å². The molecule has 0 saturated heterocycles. The van der Waals surface area contributed by atoms with Crippen LogP contribution >= 0.6 is 0 Å². The predicted octanol–water partition coefficient (Wildman–Crippen LogP) is 1.35. The molecule has 0 radical (unpaired) electrons. The molecular weight excluding hydrogens is 160 g/mol. The average molecular weight is 178 g/mol. The van der Waals surface area contributed by atoms with Crippen molar-refractivity contribution in [3.63, 3.8) is 0 Å². The van der Waals surface area contributed by atoms with Gasteiger partial charge in [0.25, 0.3) is 0 Å². The van der Waals surface area contributed by atoms with Crippen molar-refractivity contribution in [1.82, 2.24) is 5.32 Å². The Morgan fingerprint density at radius 1 is 1.31 bits per heavy atom. The van der Waals surface area contributed by atoms with Crippen molar-refractivity contribution < 1.29 is 0 Å². The number of nitrogens with one attached hydrogen (secondary N) is 1. The van der Waals surface area contributed by atoms with E-state index in [4.69, 9.17) is 5.73 Å². The Bertz CT molecular complexity index is 269. The van der Waals surface area contributed by atoms with Gasteiger partial charge in [0.1, 0.15) is 0 Å². The van der Waals surface area contributed by atoms with Crippen LogP contribution in [0.2, 0.25) is 0 Å². The third-order valence-corrected chi connectivity index (χ3v) is 2.22. The maximum Gasteiger partial charge on any atom is 0.0428 e. The van der Waals surface area contributed by atoms with E-state index in [2.05, 4.69) is 37.4 Å². The summed E-state index contributed by atoms with van der Waals surface area (Å²) in [5.74, 6) is 0. The van der Waals surface area contributed by atoms with Crippen LogP contribution in [-0.4, -0.2) is 13.2 Å². The number of benzene rings is 1. The minimum Gasteiger partial charge on any atom is -0.318 e. The summed E-state index contributed by atoms with van der Waals surface area (Å²) in [5.41, 5.74) is 9.46. The molecule has 1 aromatic rings. The lowest BCUT2D eigenvalue weighted by Crippen LogP contribution is -2.24. The quantitative estimate of drug-likeness (QED) is 0.539. The normalized spacial score (nSPS) is 10.4. The van der Waals surface area contributed by atoms with Gasteiger partial charge in [0.2, 0.25) is 0 Å². The first-order valence-corrected chi connectivity index (χ1v) is 4.71. The molecule has 0 atom stereocenters. The Balaban J connectivity index is 2.59. The van der Waals surface area contributed by atoms with Crippen LogP contribution in [0.5, 0.6) is 0 Å². The average Bonchev–Trinajstić information content (AvgIpc) is 2.11. The van der Waals surface area contributed by atoms with Gasteiger partial charge in [-0.1, -0.05) is 23.8 Å². The summed E-state index contributed by atoms with van der Waals surface area (Å²) in [6.07, 6.45) is 1.06. The van der Waals surface area contributed by atoms with Crippen molar-refractivity contribution in [2.75, 3.05) is 13.2 Å². The highest BCUT2D eigenvalue weighted by atomic mass is 14.9. The Hall–Kier alpha value is -0.860. The number of hydrogen-bond acceptors (Lipinski definition) is 2. The Kier molecular flexibility index (Phi) is 3.93. The van der Waals surface area contributed by atoms with Crippen LogP contribution in [0.1, 0.15) is 16.7 Å². The number of aryl methyl sites for hydroxylation is 2. The highest BCUT2D eigenvalue weighted by Gasteiger charge is 1.97. The molecule has 0 unspecified atom stereocenters. The summed E-state index contributed by atoms with van der Waals surface area (Å²) < 4.78 is 0. The fourth-order valence-electron chi connectivity index (χ4n) is 1.39. The summed E-state index contributed by atoms with van der Waals surface area (Å²) in [6.45, 7) is 5.79. The highest BCUT2D eigenvalue weighted by Crippen LogP contribution is 2.10. The molecule has 0 aliphatic carbocycles. The molecule has 3 N–H and O–H groups in total. The van der Waals surface area contributed by atoms with Gasteiger partial charge in [0, 0.05) is 13.2 Å². The van der Waals surface area contributed by atoms with Gasteiger partial charge in [-0.2, -0.15) is 0 Å². The van der Waals surface area contributed by atoms with Crippen LogP contribution in [0.25, 0.3) is 0 Å². The maximum atomic E-state index is 5.35. The van der Waals surface area contributed by atoms with E-state index < -0.39 is 0 Å². The van der Waals surface area contributed by atoms with Gasteiger partial charge in [-0.3, -0.25) is 0 Å². The lowest BCUT2D eigenvalue weighted by atomic mass is 10.0. The third-order valence-electron chi connectivity index (χ3n) is 2.22. The van der Waals surface area contributed by atoms with Crippen molar-refractivity contribution in [2.24, 2.45) is 5.73 Å². The molecule has 1 aromatic carbocycles. The zero-order valence-electron chi connectivity index (χ0n) is 8.43. The monoisotopic (exact) mass is 178 g/mol. The molecule has 0 aromatic heterocycles. The summed E-state index contributed by atoms with van der Waals surface area (Å²) in [7, 11) is 0. The fourth-order valence-corrected chi connectivity index (χ4v) is 1.39. The Labute approximate surface area is 80.1 Å². The largest absolute Gasteiger partial charge is 0.318 e. The first-order chi connectivity index (χ1) is 6.24. The molecule has 0 heterocycles. The SMILES string of the molecule is Cc1ccc(C)c(CCNCN)c1. The van der Waals surface area contributed by atoms with Gasteiger partial charge < -0.3 is 11.1 Å². The van der Waals surface area contributed by atoms with Crippen molar-refractivity contribution in [3.8, 4) is 0 Å². The van der Waals surface area contributed by atoms with Crippen LogP contribution in [0.15, 0.2) is 18.2 Å². The van der Waals surface area contributed by atoms with Crippen molar-refractivity contribution in [3.05, 3.63) is 34.9 Å². The fraction of sp³-hybridized carbons (Fsp3) is 0.455. The second kappa shape index (κ2) is 5.00. The first kappa shape index (κ1) is 10.2. The molecule has 0 spiro atoms. The van der Waals surface area contributed by atoms with Crippen LogP contribution in [0.3, 0.4) is 0 Å². The molecular formula is C11H18N2. The van der Waals surface area contributed by atoms with Crippen LogP contribution in [-0.2, 0) is 6.42 Å². The van der Waals surface area contributed by atoms with Gasteiger partial charge in [0.05, 0.1) is 0 Å². The standard InChI is InChI=1S/C11H18N2/c1-9-3-4-10(2)11(7-9)5-6-13-8-12/h3-4,7,13H,5-6,8,12H2,1-2H3. The van der Waals surface area contributed by atoms with E-state index in [1.54, 1.807) is 0 Å². The topological polar surface area (TPSA) is 38.0 Å². The number of hydrogen-bond donors (Lipinski definition) is 2. The molecule has 1 rings (SSSR count). The number of rotatable bonds is 4. The second-order valence-corrected chi connectivity index (χ2v) is 3.38. The maximum absolute atomic E-state index is 5.35. The Morgan fingerprint density at radius 3 is 2.77 bits per heavy atom. The molecule has 0 amide bonds. The zero-order valence-corrected chi connectivity index (χ0v) is 8.43. The highest BCUT2D eigenvalue weighted by molar-refractivity contribution is 5.30. The smallest absolute Gasteiger partial charge is 0.0428 e. The van der Waals surface area contributed by atoms with Gasteiger partial charge >= 0.3 is 0 Å². The predicted molar refractivity (Wildman–Crippen MR) is 56.7 cm³/mol. The lowest BCUT2D eigenvalue weighted by Gasteiger charge is -2.06. The lowest BCUT2D eigenvalue weighted by molar-refractivity contribution is 0.699. The summed E-state index contributed by atoms with van der Waals surface area (Å²) in [6, 6.07) is 6.57. The molecule has 0 saturated carbocycles. The minimum atomic E-state index is 0.560. The van der Waals surface area contributed by atoms with E-state index in [-0.39, 0.29) is 0 Å². The van der Waals surface area contributed by atoms with E-state index in [1.165, 1.54) is 16.7 Å². The van der Waals surface area contributed by atoms with E-state index in [0.29, 0.717) is 6.67 Å². The van der Waals surface area contributed by atoms with E-state index in [0.717, 1.165) is 13.0 Å². The van der Waals surface area contributed by atoms with Crippen LogP contribution in [0.4, 0.5) is 0 Å². The second-order valence-electron chi connectivity index (χ2n) is 3.38. The van der Waals surface area contributed by atoms with Gasteiger partial charge in [-0.25, -0.2) is 0 Å². The molecule has 0 bridgehead atoms. The van der Waals surface area contributed by atoms with Crippen LogP contribution < -0.4 is 11.1 Å². The Morgan fingerprint density at radius 2 is 2.08 bits per heavy atom.